The van der Waals surface area contributed by atoms with Gasteiger partial charge in [-0.2, -0.15) is 4.98 Å². The second kappa shape index (κ2) is 9.31. The minimum absolute atomic E-state index is 0.0553. The van der Waals surface area contributed by atoms with E-state index in [4.69, 9.17) is 33.6 Å². The number of anilines is 1. The monoisotopic (exact) mass is 446 g/mol. The fourth-order valence-corrected chi connectivity index (χ4v) is 3.41. The molecule has 1 saturated heterocycles. The van der Waals surface area contributed by atoms with E-state index in [1.165, 1.54) is 24.3 Å². The number of terminal acetylenes is 1. The number of benzene rings is 1. The molecule has 8 nitrogen and oxygen atoms in total. The van der Waals surface area contributed by atoms with Gasteiger partial charge < -0.3 is 25.3 Å². The van der Waals surface area contributed by atoms with E-state index in [1.54, 1.807) is 12.3 Å². The first kappa shape index (κ1) is 22.5. The van der Waals surface area contributed by atoms with Crippen molar-refractivity contribution in [3.63, 3.8) is 0 Å². The second-order valence-corrected chi connectivity index (χ2v) is 7.28. The van der Waals surface area contributed by atoms with Crippen molar-refractivity contribution in [1.29, 1.82) is 0 Å². The lowest BCUT2D eigenvalue weighted by atomic mass is 10.0. The standard InChI is InChI=1S/C13H13ClN4O2.C8H7FO2/c1-2-13(7-19)5-3-9(20-13)18-6-4-8-10(15)16-12(14)17-11(8)18;9-7-3-1-6(2-4-7)5-8(10)11/h1,4,6,9,19H,3,5,7H2,(H2,15,16,17);1-4H,5H2,(H,10,11). The van der Waals surface area contributed by atoms with Crippen LogP contribution < -0.4 is 5.73 Å². The van der Waals surface area contributed by atoms with Crippen LogP contribution in [0.2, 0.25) is 5.28 Å². The molecule has 4 rings (SSSR count). The number of carbonyl (C=O) groups is 1. The van der Waals surface area contributed by atoms with Crippen LogP contribution in [0.4, 0.5) is 10.2 Å². The number of hydrogen-bond acceptors (Lipinski definition) is 6. The van der Waals surface area contributed by atoms with Crippen LogP contribution in [-0.4, -0.2) is 42.9 Å². The molecule has 1 aliphatic heterocycles. The summed E-state index contributed by atoms with van der Waals surface area (Å²) in [4.78, 5) is 18.3. The van der Waals surface area contributed by atoms with Gasteiger partial charge in [0.15, 0.2) is 5.60 Å². The molecule has 2 aromatic heterocycles. The Kier molecular flexibility index (Phi) is 6.75. The third-order valence-corrected chi connectivity index (χ3v) is 5.00. The van der Waals surface area contributed by atoms with Crippen LogP contribution in [0.1, 0.15) is 24.6 Å². The predicted octanol–water partition coefficient (Wildman–Crippen LogP) is 2.79. The highest BCUT2D eigenvalue weighted by molar-refractivity contribution is 6.28. The molecule has 0 spiro atoms. The van der Waals surface area contributed by atoms with E-state index < -0.39 is 11.6 Å². The van der Waals surface area contributed by atoms with Crippen LogP contribution in [0.25, 0.3) is 11.0 Å². The van der Waals surface area contributed by atoms with Gasteiger partial charge in [0, 0.05) is 6.20 Å². The van der Waals surface area contributed by atoms with Gasteiger partial charge in [-0.05, 0) is 48.2 Å². The number of fused-ring (bicyclic) bond motifs is 1. The van der Waals surface area contributed by atoms with E-state index in [9.17, 15) is 14.3 Å². The molecule has 1 fully saturated rings. The summed E-state index contributed by atoms with van der Waals surface area (Å²) in [5.41, 5.74) is 6.09. The summed E-state index contributed by atoms with van der Waals surface area (Å²) >= 11 is 5.84. The Bertz CT molecular complexity index is 1130. The van der Waals surface area contributed by atoms with Gasteiger partial charge in [0.1, 0.15) is 23.5 Å². The van der Waals surface area contributed by atoms with Crippen LogP contribution in [0.3, 0.4) is 0 Å². The third-order valence-electron chi connectivity index (χ3n) is 4.83. The molecule has 2 unspecified atom stereocenters. The Hall–Kier alpha value is -3.19. The van der Waals surface area contributed by atoms with Crippen molar-refractivity contribution in [3.8, 4) is 12.3 Å². The smallest absolute Gasteiger partial charge is 0.307 e. The fourth-order valence-electron chi connectivity index (χ4n) is 3.24. The summed E-state index contributed by atoms with van der Waals surface area (Å²) in [6, 6.07) is 7.22. The lowest BCUT2D eigenvalue weighted by Gasteiger charge is -2.21. The molecule has 3 aromatic rings. The highest BCUT2D eigenvalue weighted by Crippen LogP contribution is 2.37. The van der Waals surface area contributed by atoms with E-state index >= 15 is 0 Å². The third kappa shape index (κ3) is 5.11. The molecule has 0 radical (unpaired) electrons. The van der Waals surface area contributed by atoms with Crippen molar-refractivity contribution in [3.05, 3.63) is 53.2 Å². The maximum Gasteiger partial charge on any atom is 0.307 e. The number of nitrogens with zero attached hydrogens (tertiary/aromatic N) is 3. The first-order valence-electron chi connectivity index (χ1n) is 9.29. The molecular formula is C21H20ClFN4O4. The molecule has 31 heavy (non-hydrogen) atoms. The zero-order valence-corrected chi connectivity index (χ0v) is 17.1. The Morgan fingerprint density at radius 2 is 2.10 bits per heavy atom. The summed E-state index contributed by atoms with van der Waals surface area (Å²) in [5, 5.41) is 18.5. The van der Waals surface area contributed by atoms with Gasteiger partial charge in [0.05, 0.1) is 18.4 Å². The average molecular weight is 447 g/mol. The molecule has 0 bridgehead atoms. The number of nitrogen functional groups attached to an aromatic ring is 1. The van der Waals surface area contributed by atoms with Crippen molar-refractivity contribution < 1.29 is 24.1 Å². The topological polar surface area (TPSA) is 123 Å². The number of carboxylic acids is 1. The second-order valence-electron chi connectivity index (χ2n) is 6.94. The molecule has 0 saturated carbocycles. The molecule has 162 valence electrons. The Balaban J connectivity index is 0.000000210. The molecule has 1 aromatic carbocycles. The number of halogens is 2. The largest absolute Gasteiger partial charge is 0.481 e. The number of hydrogen-bond donors (Lipinski definition) is 3. The minimum atomic E-state index is -0.927. The number of aliphatic hydroxyl groups is 1. The zero-order valence-electron chi connectivity index (χ0n) is 16.3. The summed E-state index contributed by atoms with van der Waals surface area (Å²) in [6.45, 7) is -0.211. The highest BCUT2D eigenvalue weighted by atomic mass is 35.5. The Labute approximate surface area is 182 Å². The molecule has 1 aliphatic rings. The quantitative estimate of drug-likeness (QED) is 0.416. The van der Waals surface area contributed by atoms with Gasteiger partial charge in [0.25, 0.3) is 0 Å². The summed E-state index contributed by atoms with van der Waals surface area (Å²) < 4.78 is 19.9. The maximum atomic E-state index is 12.3. The van der Waals surface area contributed by atoms with Crippen LogP contribution in [0.15, 0.2) is 36.5 Å². The predicted molar refractivity (Wildman–Crippen MR) is 113 cm³/mol. The number of aliphatic carboxylic acids is 1. The van der Waals surface area contributed by atoms with Gasteiger partial charge in [-0.1, -0.05) is 18.1 Å². The molecule has 2 atom stereocenters. The van der Waals surface area contributed by atoms with Crippen molar-refractivity contribution >= 4 is 34.4 Å². The summed E-state index contributed by atoms with van der Waals surface area (Å²) in [6.07, 6.45) is 8.15. The van der Waals surface area contributed by atoms with Crippen molar-refractivity contribution in [2.75, 3.05) is 12.3 Å². The fraction of sp³-hybridized carbons (Fsp3) is 0.286. The first-order chi connectivity index (χ1) is 14.8. The zero-order chi connectivity index (χ0) is 22.6. The van der Waals surface area contributed by atoms with Crippen LogP contribution in [0.5, 0.6) is 0 Å². The highest BCUT2D eigenvalue weighted by Gasteiger charge is 2.39. The van der Waals surface area contributed by atoms with Gasteiger partial charge >= 0.3 is 5.97 Å². The van der Waals surface area contributed by atoms with E-state index in [2.05, 4.69) is 15.9 Å². The van der Waals surface area contributed by atoms with Crippen molar-refractivity contribution in [2.24, 2.45) is 0 Å². The minimum Gasteiger partial charge on any atom is -0.481 e. The summed E-state index contributed by atoms with van der Waals surface area (Å²) in [5.74, 6) is 1.59. The molecule has 3 heterocycles. The van der Waals surface area contributed by atoms with Crippen LogP contribution in [0, 0.1) is 18.2 Å². The first-order valence-corrected chi connectivity index (χ1v) is 9.67. The van der Waals surface area contributed by atoms with E-state index in [0.717, 1.165) is 0 Å². The number of carboxylic acid groups (broad SMARTS) is 1. The Morgan fingerprint density at radius 1 is 1.39 bits per heavy atom. The van der Waals surface area contributed by atoms with Crippen LogP contribution in [-0.2, 0) is 16.0 Å². The molecule has 0 amide bonds. The van der Waals surface area contributed by atoms with E-state index in [1.807, 2.05) is 4.57 Å². The van der Waals surface area contributed by atoms with Gasteiger partial charge in [-0.3, -0.25) is 4.79 Å². The van der Waals surface area contributed by atoms with Gasteiger partial charge in [-0.15, -0.1) is 6.42 Å². The lowest BCUT2D eigenvalue weighted by Crippen LogP contribution is -2.31. The number of nitrogens with two attached hydrogens (primary N) is 1. The molecular weight excluding hydrogens is 427 g/mol. The SMILES string of the molecule is C#CC1(CO)CCC(n2ccc3c(N)nc(Cl)nc32)O1.O=C(O)Cc1ccc(F)cc1. The number of aliphatic hydroxyl groups excluding tert-OH is 1. The maximum absolute atomic E-state index is 12.3. The molecule has 10 heteroatoms. The normalized spacial score (nSPS) is 20.1. The Morgan fingerprint density at radius 3 is 2.68 bits per heavy atom. The summed E-state index contributed by atoms with van der Waals surface area (Å²) in [7, 11) is 0. The number of ether oxygens (including phenoxy) is 1. The van der Waals surface area contributed by atoms with Crippen molar-refractivity contribution in [1.82, 2.24) is 14.5 Å². The van der Waals surface area contributed by atoms with E-state index in [0.29, 0.717) is 35.3 Å². The molecule has 0 aliphatic carbocycles. The van der Waals surface area contributed by atoms with Gasteiger partial charge in [-0.25, -0.2) is 9.37 Å². The number of rotatable bonds is 4. The molecule has 4 N–H and O–H groups in total. The van der Waals surface area contributed by atoms with Crippen LogP contribution >= 0.6 is 11.6 Å². The average Bonchev–Trinajstić information content (AvgIpc) is 3.34. The van der Waals surface area contributed by atoms with E-state index in [-0.39, 0.29) is 30.4 Å². The van der Waals surface area contributed by atoms with Crippen molar-refractivity contribution in [2.45, 2.75) is 31.1 Å². The van der Waals surface area contributed by atoms with Gasteiger partial charge in [0.2, 0.25) is 5.28 Å². The number of aromatic nitrogens is 3. The lowest BCUT2D eigenvalue weighted by molar-refractivity contribution is -0.136.